The highest BCUT2D eigenvalue weighted by molar-refractivity contribution is 14.0. The monoisotopic (exact) mass is 532 g/mol. The normalized spacial score (nSPS) is 10.9. The summed E-state index contributed by atoms with van der Waals surface area (Å²) in [5.74, 6) is 0.615. The van der Waals surface area contributed by atoms with Crippen molar-refractivity contribution in [3.63, 3.8) is 0 Å². The number of halogens is 3. The predicted molar refractivity (Wildman–Crippen MR) is 125 cm³/mol. The molecule has 0 aliphatic rings. The van der Waals surface area contributed by atoms with Crippen molar-refractivity contribution in [1.29, 1.82) is 0 Å². The summed E-state index contributed by atoms with van der Waals surface area (Å²) in [7, 11) is 1.60. The largest absolute Gasteiger partial charge is 0.435 e. The molecule has 1 amide bonds. The summed E-state index contributed by atoms with van der Waals surface area (Å²) < 4.78 is 29.1. The first kappa shape index (κ1) is 25.6. The SMILES string of the molecule is CCNC(=NCc1cccc(OC(F)F)c1)NCCc1cccc(C(=O)NC)c1.I. The zero-order valence-electron chi connectivity index (χ0n) is 17.0. The number of nitrogens with one attached hydrogen (secondary N) is 3. The van der Waals surface area contributed by atoms with Gasteiger partial charge in [-0.1, -0.05) is 24.3 Å². The fourth-order valence-electron chi connectivity index (χ4n) is 2.67. The Labute approximate surface area is 192 Å². The standard InChI is InChI=1S/C21H26F2N4O2.HI/c1-3-25-21(27-14-16-7-5-9-18(13-16)29-20(22)23)26-11-10-15-6-4-8-17(12-15)19(28)24-2;/h4-9,12-13,20H,3,10-11,14H2,1-2H3,(H,24,28)(H2,25,26,27);1H. The average Bonchev–Trinajstić information content (AvgIpc) is 2.71. The zero-order chi connectivity index (χ0) is 21.1. The molecule has 0 saturated carbocycles. The molecule has 0 heterocycles. The predicted octanol–water partition coefficient (Wildman–Crippen LogP) is 3.56. The minimum absolute atomic E-state index is 0. The molecule has 2 rings (SSSR count). The van der Waals surface area contributed by atoms with Gasteiger partial charge < -0.3 is 20.7 Å². The fraction of sp³-hybridized carbons (Fsp3) is 0.333. The Hall–Kier alpha value is -2.43. The number of alkyl halides is 2. The number of nitrogens with zero attached hydrogens (tertiary/aromatic N) is 1. The van der Waals surface area contributed by atoms with Gasteiger partial charge in [0.1, 0.15) is 5.75 Å². The highest BCUT2D eigenvalue weighted by Crippen LogP contribution is 2.16. The molecule has 0 saturated heterocycles. The molecule has 0 aliphatic heterocycles. The molecule has 0 fully saturated rings. The molecule has 3 N–H and O–H groups in total. The number of ether oxygens (including phenoxy) is 1. The maximum absolute atomic E-state index is 12.3. The molecule has 0 spiro atoms. The Morgan fingerprint density at radius 2 is 1.83 bits per heavy atom. The lowest BCUT2D eigenvalue weighted by Gasteiger charge is -2.12. The highest BCUT2D eigenvalue weighted by atomic mass is 127. The molecular weight excluding hydrogens is 505 g/mol. The first-order valence-corrected chi connectivity index (χ1v) is 9.38. The van der Waals surface area contributed by atoms with Gasteiger partial charge in [0, 0.05) is 25.7 Å². The fourth-order valence-corrected chi connectivity index (χ4v) is 2.67. The van der Waals surface area contributed by atoms with Gasteiger partial charge in [-0.05, 0) is 48.7 Å². The van der Waals surface area contributed by atoms with Crippen molar-refractivity contribution < 1.29 is 18.3 Å². The number of hydrogen-bond donors (Lipinski definition) is 3. The molecule has 0 atom stereocenters. The molecule has 0 bridgehead atoms. The van der Waals surface area contributed by atoms with Crippen LogP contribution < -0.4 is 20.7 Å². The third-order valence-corrected chi connectivity index (χ3v) is 4.01. The maximum atomic E-state index is 12.3. The number of benzene rings is 2. The van der Waals surface area contributed by atoms with Crippen LogP contribution in [0.2, 0.25) is 0 Å². The van der Waals surface area contributed by atoms with Crippen LogP contribution in [0.5, 0.6) is 5.75 Å². The molecule has 30 heavy (non-hydrogen) atoms. The Morgan fingerprint density at radius 1 is 1.10 bits per heavy atom. The van der Waals surface area contributed by atoms with Crippen molar-refractivity contribution in [2.24, 2.45) is 4.99 Å². The second kappa shape index (κ2) is 13.7. The lowest BCUT2D eigenvalue weighted by molar-refractivity contribution is -0.0498. The van der Waals surface area contributed by atoms with Gasteiger partial charge in [0.25, 0.3) is 5.91 Å². The molecule has 0 aliphatic carbocycles. The molecule has 164 valence electrons. The van der Waals surface area contributed by atoms with E-state index in [0.29, 0.717) is 37.6 Å². The maximum Gasteiger partial charge on any atom is 0.387 e. The molecule has 0 radical (unpaired) electrons. The van der Waals surface area contributed by atoms with Gasteiger partial charge in [-0.15, -0.1) is 24.0 Å². The Balaban J connectivity index is 0.00000450. The van der Waals surface area contributed by atoms with Gasteiger partial charge in [-0.3, -0.25) is 4.79 Å². The van der Waals surface area contributed by atoms with Crippen molar-refractivity contribution in [3.8, 4) is 5.75 Å². The Bertz CT molecular complexity index is 834. The Kier molecular flexibility index (Phi) is 11.7. The van der Waals surface area contributed by atoms with Crippen LogP contribution >= 0.6 is 24.0 Å². The van der Waals surface area contributed by atoms with Crippen LogP contribution in [0.25, 0.3) is 0 Å². The van der Waals surface area contributed by atoms with Crippen LogP contribution in [0, 0.1) is 0 Å². The van der Waals surface area contributed by atoms with Crippen LogP contribution in [-0.2, 0) is 13.0 Å². The topological polar surface area (TPSA) is 74.8 Å². The van der Waals surface area contributed by atoms with E-state index in [1.165, 1.54) is 6.07 Å². The van der Waals surface area contributed by atoms with Gasteiger partial charge in [0.2, 0.25) is 0 Å². The molecule has 0 unspecified atom stereocenters. The number of guanidine groups is 1. The minimum atomic E-state index is -2.85. The lowest BCUT2D eigenvalue weighted by atomic mass is 10.1. The lowest BCUT2D eigenvalue weighted by Crippen LogP contribution is -2.38. The van der Waals surface area contributed by atoms with Gasteiger partial charge >= 0.3 is 6.61 Å². The number of hydrogen-bond acceptors (Lipinski definition) is 3. The summed E-state index contributed by atoms with van der Waals surface area (Å²) in [6.45, 7) is 0.738. The van der Waals surface area contributed by atoms with Gasteiger partial charge in [-0.25, -0.2) is 4.99 Å². The summed E-state index contributed by atoms with van der Waals surface area (Å²) in [4.78, 5) is 16.2. The molecule has 9 heteroatoms. The second-order valence-electron chi connectivity index (χ2n) is 6.18. The van der Waals surface area contributed by atoms with Crippen molar-refractivity contribution >= 4 is 35.8 Å². The highest BCUT2D eigenvalue weighted by Gasteiger charge is 2.06. The third-order valence-electron chi connectivity index (χ3n) is 4.01. The van der Waals surface area contributed by atoms with E-state index < -0.39 is 6.61 Å². The van der Waals surface area contributed by atoms with Crippen LogP contribution in [0.3, 0.4) is 0 Å². The molecular formula is C21H27F2IN4O2. The summed E-state index contributed by atoms with van der Waals surface area (Å²) in [6, 6.07) is 13.9. The van der Waals surface area contributed by atoms with Crippen LogP contribution in [-0.4, -0.2) is 38.6 Å². The summed E-state index contributed by atoms with van der Waals surface area (Å²) in [6.07, 6.45) is 0.715. The van der Waals surface area contributed by atoms with Gasteiger partial charge in [-0.2, -0.15) is 8.78 Å². The van der Waals surface area contributed by atoms with Crippen molar-refractivity contribution in [2.45, 2.75) is 26.5 Å². The molecule has 2 aromatic rings. The number of aliphatic imine (C=N–C) groups is 1. The number of rotatable bonds is 9. The first-order chi connectivity index (χ1) is 14.0. The van der Waals surface area contributed by atoms with Gasteiger partial charge in [0.05, 0.1) is 6.54 Å². The van der Waals surface area contributed by atoms with E-state index in [2.05, 4.69) is 25.7 Å². The zero-order valence-corrected chi connectivity index (χ0v) is 19.3. The minimum Gasteiger partial charge on any atom is -0.435 e. The first-order valence-electron chi connectivity index (χ1n) is 9.38. The van der Waals surface area contributed by atoms with Gasteiger partial charge in [0.15, 0.2) is 5.96 Å². The quantitative estimate of drug-likeness (QED) is 0.263. The number of amides is 1. The number of carbonyl (C=O) groups is 1. The summed E-state index contributed by atoms with van der Waals surface area (Å²) >= 11 is 0. The third kappa shape index (κ3) is 8.93. The Morgan fingerprint density at radius 3 is 2.53 bits per heavy atom. The van der Waals surface area contributed by atoms with E-state index in [4.69, 9.17) is 0 Å². The summed E-state index contributed by atoms with van der Waals surface area (Å²) in [5, 5.41) is 9.00. The van der Waals surface area contributed by atoms with Crippen molar-refractivity contribution in [3.05, 3.63) is 65.2 Å². The molecule has 6 nitrogen and oxygen atoms in total. The van der Waals surface area contributed by atoms with E-state index in [1.807, 2.05) is 25.1 Å². The smallest absolute Gasteiger partial charge is 0.387 e. The van der Waals surface area contributed by atoms with E-state index in [-0.39, 0.29) is 35.6 Å². The second-order valence-corrected chi connectivity index (χ2v) is 6.18. The molecule has 2 aromatic carbocycles. The van der Waals surface area contributed by atoms with E-state index in [0.717, 1.165) is 11.1 Å². The van der Waals surface area contributed by atoms with E-state index >= 15 is 0 Å². The van der Waals surface area contributed by atoms with Crippen LogP contribution in [0.1, 0.15) is 28.4 Å². The van der Waals surface area contributed by atoms with E-state index in [9.17, 15) is 13.6 Å². The molecule has 0 aromatic heterocycles. The van der Waals surface area contributed by atoms with E-state index in [1.54, 1.807) is 31.3 Å². The average molecular weight is 532 g/mol. The number of carbonyl (C=O) groups excluding carboxylic acids is 1. The van der Waals surface area contributed by atoms with Crippen molar-refractivity contribution in [2.75, 3.05) is 20.1 Å². The van der Waals surface area contributed by atoms with Crippen LogP contribution in [0.4, 0.5) is 8.78 Å². The summed E-state index contributed by atoms with van der Waals surface area (Å²) in [5.41, 5.74) is 2.42. The van der Waals surface area contributed by atoms with Crippen LogP contribution in [0.15, 0.2) is 53.5 Å². The van der Waals surface area contributed by atoms with Crippen molar-refractivity contribution in [1.82, 2.24) is 16.0 Å².